The first-order valence-electron chi connectivity index (χ1n) is 7.95. The molecule has 1 amide bonds. The van der Waals surface area contributed by atoms with Crippen LogP contribution in [0.15, 0.2) is 24.3 Å². The lowest BCUT2D eigenvalue weighted by Crippen LogP contribution is -2.60. The Morgan fingerprint density at radius 1 is 1.38 bits per heavy atom. The highest BCUT2D eigenvalue weighted by atomic mass is 32.2. The van der Waals surface area contributed by atoms with Crippen LogP contribution in [-0.4, -0.2) is 62.6 Å². The summed E-state index contributed by atoms with van der Waals surface area (Å²) in [6.07, 6.45) is 0.599. The van der Waals surface area contributed by atoms with Crippen LogP contribution in [0.1, 0.15) is 12.8 Å². The Morgan fingerprint density at radius 3 is 2.96 bits per heavy atom. The van der Waals surface area contributed by atoms with Crippen LogP contribution >= 0.6 is 0 Å². The van der Waals surface area contributed by atoms with Gasteiger partial charge in [-0.2, -0.15) is 0 Å². The van der Waals surface area contributed by atoms with Crippen molar-refractivity contribution in [2.24, 2.45) is 0 Å². The summed E-state index contributed by atoms with van der Waals surface area (Å²) in [5.41, 5.74) is 0. The third-order valence-corrected chi connectivity index (χ3v) is 6.60. The largest absolute Gasteiger partial charge is 0.490 e. The Labute approximate surface area is 140 Å². The standard InChI is InChI=1S/C16H20FNO5S/c17-12-3-1-2-4-14(12)23-9-6-16(19)18-7-10-24(20,21)15-11-22-8-5-13(15)18/h1-4,13,15H,5-11H2. The molecule has 2 unspecified atom stereocenters. The fraction of sp³-hybridized carbons (Fsp3) is 0.562. The Kier molecular flexibility index (Phi) is 5.05. The fourth-order valence-electron chi connectivity index (χ4n) is 3.21. The van der Waals surface area contributed by atoms with Gasteiger partial charge in [-0.3, -0.25) is 4.79 Å². The zero-order valence-electron chi connectivity index (χ0n) is 13.2. The molecule has 0 bridgehead atoms. The summed E-state index contributed by atoms with van der Waals surface area (Å²) >= 11 is 0. The van der Waals surface area contributed by atoms with Gasteiger partial charge in [0.15, 0.2) is 21.4 Å². The molecule has 0 N–H and O–H groups in total. The highest BCUT2D eigenvalue weighted by molar-refractivity contribution is 7.92. The molecule has 0 saturated carbocycles. The average Bonchev–Trinajstić information content (AvgIpc) is 2.57. The number of hydrogen-bond donors (Lipinski definition) is 0. The average molecular weight is 357 g/mol. The summed E-state index contributed by atoms with van der Waals surface area (Å²) in [5, 5.41) is -0.642. The van der Waals surface area contributed by atoms with Crippen LogP contribution in [0.2, 0.25) is 0 Å². The van der Waals surface area contributed by atoms with E-state index in [0.29, 0.717) is 13.0 Å². The summed E-state index contributed by atoms with van der Waals surface area (Å²) in [6, 6.07) is 5.68. The van der Waals surface area contributed by atoms with Crippen molar-refractivity contribution in [1.82, 2.24) is 4.90 Å². The summed E-state index contributed by atoms with van der Waals surface area (Å²) in [7, 11) is -3.22. The highest BCUT2D eigenvalue weighted by Crippen LogP contribution is 2.26. The lowest BCUT2D eigenvalue weighted by Gasteiger charge is -2.43. The quantitative estimate of drug-likeness (QED) is 0.804. The fourth-order valence-corrected chi connectivity index (χ4v) is 5.03. The number of carbonyl (C=O) groups is 1. The molecule has 2 aliphatic rings. The number of carbonyl (C=O) groups excluding carboxylic acids is 1. The van der Waals surface area contributed by atoms with Crippen LogP contribution in [-0.2, 0) is 19.4 Å². The molecule has 2 fully saturated rings. The smallest absolute Gasteiger partial charge is 0.226 e. The Bertz CT molecular complexity index is 708. The molecule has 0 radical (unpaired) electrons. The van der Waals surface area contributed by atoms with Crippen molar-refractivity contribution in [3.63, 3.8) is 0 Å². The zero-order valence-corrected chi connectivity index (χ0v) is 14.0. The van der Waals surface area contributed by atoms with Crippen LogP contribution in [0, 0.1) is 5.82 Å². The molecule has 8 heteroatoms. The third-order valence-electron chi connectivity index (χ3n) is 4.48. The zero-order chi connectivity index (χ0) is 17.2. The van der Waals surface area contributed by atoms with Crippen LogP contribution in [0.25, 0.3) is 0 Å². The number of hydrogen-bond acceptors (Lipinski definition) is 5. The van der Waals surface area contributed by atoms with Gasteiger partial charge in [-0.15, -0.1) is 0 Å². The summed E-state index contributed by atoms with van der Waals surface area (Å²) in [5.74, 6) is -0.579. The van der Waals surface area contributed by atoms with Crippen molar-refractivity contribution in [2.75, 3.05) is 32.1 Å². The van der Waals surface area contributed by atoms with Gasteiger partial charge in [-0.05, 0) is 18.6 Å². The lowest BCUT2D eigenvalue weighted by atomic mass is 10.1. The molecule has 2 aliphatic heterocycles. The minimum atomic E-state index is -3.22. The van der Waals surface area contributed by atoms with Gasteiger partial charge in [0.1, 0.15) is 5.25 Å². The van der Waals surface area contributed by atoms with Crippen molar-refractivity contribution in [2.45, 2.75) is 24.1 Å². The minimum absolute atomic E-state index is 0.0442. The van der Waals surface area contributed by atoms with E-state index in [1.807, 2.05) is 0 Å². The summed E-state index contributed by atoms with van der Waals surface area (Å²) in [6.45, 7) is 0.841. The summed E-state index contributed by atoms with van der Waals surface area (Å²) < 4.78 is 48.3. The molecule has 24 heavy (non-hydrogen) atoms. The van der Waals surface area contributed by atoms with Gasteiger partial charge in [0.2, 0.25) is 5.91 Å². The molecule has 6 nitrogen and oxygen atoms in total. The Morgan fingerprint density at radius 2 is 2.17 bits per heavy atom. The number of sulfone groups is 1. The van der Waals surface area contributed by atoms with E-state index in [0.717, 1.165) is 0 Å². The molecule has 0 aromatic heterocycles. The minimum Gasteiger partial charge on any atom is -0.490 e. The number of nitrogens with zero attached hydrogens (tertiary/aromatic N) is 1. The van der Waals surface area contributed by atoms with Crippen molar-refractivity contribution >= 4 is 15.7 Å². The predicted molar refractivity (Wildman–Crippen MR) is 85.0 cm³/mol. The second-order valence-corrected chi connectivity index (χ2v) is 8.29. The summed E-state index contributed by atoms with van der Waals surface area (Å²) in [4.78, 5) is 14.1. The van der Waals surface area contributed by atoms with E-state index in [1.165, 1.54) is 12.1 Å². The topological polar surface area (TPSA) is 72.9 Å². The third kappa shape index (κ3) is 3.54. The maximum Gasteiger partial charge on any atom is 0.226 e. The number of benzene rings is 1. The molecule has 3 rings (SSSR count). The maximum atomic E-state index is 13.5. The number of amides is 1. The second kappa shape index (κ2) is 7.06. The first-order chi connectivity index (χ1) is 11.5. The van der Waals surface area contributed by atoms with Gasteiger partial charge in [0.05, 0.1) is 31.4 Å². The molecule has 0 aliphatic carbocycles. The van der Waals surface area contributed by atoms with Gasteiger partial charge in [0, 0.05) is 13.2 Å². The predicted octanol–water partition coefficient (Wildman–Crippen LogP) is 1.01. The Balaban J connectivity index is 1.59. The van der Waals surface area contributed by atoms with Gasteiger partial charge in [-0.1, -0.05) is 12.1 Å². The molecule has 1 aromatic carbocycles. The van der Waals surface area contributed by atoms with E-state index in [2.05, 4.69) is 0 Å². The van der Waals surface area contributed by atoms with Crippen molar-refractivity contribution in [3.05, 3.63) is 30.1 Å². The monoisotopic (exact) mass is 357 g/mol. The maximum absolute atomic E-state index is 13.5. The molecular formula is C16H20FNO5S. The number of halogens is 1. The van der Waals surface area contributed by atoms with E-state index < -0.39 is 20.9 Å². The van der Waals surface area contributed by atoms with Crippen molar-refractivity contribution in [1.29, 1.82) is 0 Å². The SMILES string of the molecule is O=C(CCOc1ccccc1F)N1CCS(=O)(=O)C2COCCC21. The molecule has 132 valence electrons. The highest BCUT2D eigenvalue weighted by Gasteiger charge is 2.44. The molecule has 2 atom stereocenters. The molecule has 1 aromatic rings. The lowest BCUT2D eigenvalue weighted by molar-refractivity contribution is -0.135. The van der Waals surface area contributed by atoms with E-state index in [9.17, 15) is 17.6 Å². The van der Waals surface area contributed by atoms with Gasteiger partial charge < -0.3 is 14.4 Å². The van der Waals surface area contributed by atoms with E-state index in [4.69, 9.17) is 9.47 Å². The molecule has 2 saturated heterocycles. The van der Waals surface area contributed by atoms with Crippen LogP contribution < -0.4 is 4.74 Å². The first kappa shape index (κ1) is 17.2. The van der Waals surface area contributed by atoms with E-state index in [-0.39, 0.29) is 49.6 Å². The van der Waals surface area contributed by atoms with Gasteiger partial charge >= 0.3 is 0 Å². The number of fused-ring (bicyclic) bond motifs is 1. The number of rotatable bonds is 4. The number of para-hydroxylation sites is 1. The normalized spacial score (nSPS) is 25.8. The molecule has 0 spiro atoms. The number of ether oxygens (including phenoxy) is 2. The second-order valence-electron chi connectivity index (χ2n) is 5.95. The van der Waals surface area contributed by atoms with Crippen LogP contribution in [0.3, 0.4) is 0 Å². The van der Waals surface area contributed by atoms with Gasteiger partial charge in [-0.25, -0.2) is 12.8 Å². The van der Waals surface area contributed by atoms with Crippen LogP contribution in [0.4, 0.5) is 4.39 Å². The van der Waals surface area contributed by atoms with Crippen LogP contribution in [0.5, 0.6) is 5.75 Å². The molecular weight excluding hydrogens is 337 g/mol. The van der Waals surface area contributed by atoms with Gasteiger partial charge in [0.25, 0.3) is 0 Å². The van der Waals surface area contributed by atoms with Crippen molar-refractivity contribution in [3.8, 4) is 5.75 Å². The van der Waals surface area contributed by atoms with E-state index in [1.54, 1.807) is 17.0 Å². The molecule has 2 heterocycles. The van der Waals surface area contributed by atoms with E-state index >= 15 is 0 Å². The van der Waals surface area contributed by atoms with Crippen molar-refractivity contribution < 1.29 is 27.1 Å². The Hall–Kier alpha value is -1.67. The first-order valence-corrected chi connectivity index (χ1v) is 9.67.